The smallest absolute Gasteiger partial charge is 0.226 e. The maximum Gasteiger partial charge on any atom is 0.226 e. The molecule has 4 rings (SSSR count). The SMILES string of the molecule is CNC1CCC2(CC1)CN(C(=O)[C@H]1C[C@H]1C)Cc1ccccc1O2. The maximum atomic E-state index is 12.9. The highest BCUT2D eigenvalue weighted by atomic mass is 16.5. The second-order valence-corrected chi connectivity index (χ2v) is 7.97. The third-order valence-corrected chi connectivity index (χ3v) is 6.18. The number of hydrogen-bond donors (Lipinski definition) is 1. The van der Waals surface area contributed by atoms with Crippen molar-refractivity contribution in [2.75, 3.05) is 13.6 Å². The Labute approximate surface area is 144 Å². The molecule has 1 N–H and O–H groups in total. The van der Waals surface area contributed by atoms with E-state index in [0.717, 1.165) is 50.0 Å². The Morgan fingerprint density at radius 2 is 2.00 bits per heavy atom. The van der Waals surface area contributed by atoms with Gasteiger partial charge in [0.1, 0.15) is 11.4 Å². The Balaban J connectivity index is 1.61. The summed E-state index contributed by atoms with van der Waals surface area (Å²) in [5, 5.41) is 3.39. The van der Waals surface area contributed by atoms with Crippen molar-refractivity contribution < 1.29 is 9.53 Å². The standard InChI is InChI=1S/C20H28N2O2/c1-14-11-17(14)19(23)22-12-15-5-3-4-6-18(15)24-20(13-22)9-7-16(21-2)8-10-20/h3-6,14,16-17,21H,7-13H2,1-2H3/t14-,16?,17+,20?/m1/s1. The second-order valence-electron chi connectivity index (χ2n) is 7.97. The van der Waals surface area contributed by atoms with Crippen LogP contribution in [0.5, 0.6) is 5.75 Å². The summed E-state index contributed by atoms with van der Waals surface area (Å²) in [6, 6.07) is 8.82. The number of carbonyl (C=O) groups excluding carboxylic acids is 1. The topological polar surface area (TPSA) is 41.6 Å². The van der Waals surface area contributed by atoms with Crippen molar-refractivity contribution >= 4 is 5.91 Å². The van der Waals surface area contributed by atoms with Gasteiger partial charge in [0.15, 0.2) is 0 Å². The van der Waals surface area contributed by atoms with Gasteiger partial charge in [0, 0.05) is 24.1 Å². The second kappa shape index (κ2) is 6.07. The number of nitrogens with one attached hydrogen (secondary N) is 1. The van der Waals surface area contributed by atoms with E-state index in [9.17, 15) is 4.79 Å². The predicted octanol–water partition coefficient (Wildman–Crippen LogP) is 2.96. The average Bonchev–Trinajstić information content (AvgIpc) is 3.35. The summed E-state index contributed by atoms with van der Waals surface area (Å²) in [4.78, 5) is 15.0. The van der Waals surface area contributed by atoms with Crippen LogP contribution in [0.2, 0.25) is 0 Å². The Hall–Kier alpha value is -1.55. The highest BCUT2D eigenvalue weighted by molar-refractivity contribution is 5.81. The van der Waals surface area contributed by atoms with Crippen LogP contribution >= 0.6 is 0 Å². The van der Waals surface area contributed by atoms with Crippen LogP contribution in [0.4, 0.5) is 0 Å². The molecular weight excluding hydrogens is 300 g/mol. The summed E-state index contributed by atoms with van der Waals surface area (Å²) in [6.07, 6.45) is 5.29. The Morgan fingerprint density at radius 1 is 1.29 bits per heavy atom. The lowest BCUT2D eigenvalue weighted by Gasteiger charge is -2.41. The fourth-order valence-electron chi connectivity index (χ4n) is 4.36. The van der Waals surface area contributed by atoms with Crippen molar-refractivity contribution in [3.8, 4) is 5.75 Å². The summed E-state index contributed by atoms with van der Waals surface area (Å²) in [5.41, 5.74) is 0.931. The molecule has 0 radical (unpaired) electrons. The molecule has 0 aromatic heterocycles. The minimum atomic E-state index is -0.215. The number of fused-ring (bicyclic) bond motifs is 1. The van der Waals surface area contributed by atoms with Gasteiger partial charge < -0.3 is 15.0 Å². The first-order valence-electron chi connectivity index (χ1n) is 9.33. The van der Waals surface area contributed by atoms with Gasteiger partial charge >= 0.3 is 0 Å². The van der Waals surface area contributed by atoms with Gasteiger partial charge in [0.05, 0.1) is 6.54 Å². The van der Waals surface area contributed by atoms with Gasteiger partial charge in [0.2, 0.25) is 5.91 Å². The highest BCUT2D eigenvalue weighted by Crippen LogP contribution is 2.43. The van der Waals surface area contributed by atoms with E-state index in [1.54, 1.807) is 0 Å². The molecule has 2 atom stereocenters. The van der Waals surface area contributed by atoms with Crippen molar-refractivity contribution in [1.82, 2.24) is 10.2 Å². The summed E-state index contributed by atoms with van der Waals surface area (Å²) >= 11 is 0. The zero-order valence-corrected chi connectivity index (χ0v) is 14.8. The van der Waals surface area contributed by atoms with Crippen LogP contribution in [-0.2, 0) is 11.3 Å². The van der Waals surface area contributed by atoms with Gasteiger partial charge in [-0.2, -0.15) is 0 Å². The normalized spacial score (nSPS) is 35.1. The van der Waals surface area contributed by atoms with E-state index < -0.39 is 0 Å². The van der Waals surface area contributed by atoms with E-state index in [0.29, 0.717) is 24.4 Å². The zero-order chi connectivity index (χ0) is 16.7. The number of hydrogen-bond acceptors (Lipinski definition) is 3. The van der Waals surface area contributed by atoms with E-state index >= 15 is 0 Å². The van der Waals surface area contributed by atoms with Crippen molar-refractivity contribution in [1.29, 1.82) is 0 Å². The van der Waals surface area contributed by atoms with Crippen LogP contribution in [0, 0.1) is 11.8 Å². The summed E-state index contributed by atoms with van der Waals surface area (Å²) in [7, 11) is 2.04. The van der Waals surface area contributed by atoms with E-state index in [4.69, 9.17) is 4.74 Å². The molecule has 2 aliphatic carbocycles. The van der Waals surface area contributed by atoms with Crippen LogP contribution in [0.1, 0.15) is 44.6 Å². The molecular formula is C20H28N2O2. The molecule has 1 aliphatic heterocycles. The first-order valence-corrected chi connectivity index (χ1v) is 9.33. The first-order chi connectivity index (χ1) is 11.6. The summed E-state index contributed by atoms with van der Waals surface area (Å²) < 4.78 is 6.56. The predicted molar refractivity (Wildman–Crippen MR) is 93.8 cm³/mol. The maximum absolute atomic E-state index is 12.9. The van der Waals surface area contributed by atoms with Gasteiger partial charge in [-0.3, -0.25) is 4.79 Å². The Bertz CT molecular complexity index is 622. The summed E-state index contributed by atoms with van der Waals surface area (Å²) in [6.45, 7) is 3.61. The molecule has 1 amide bonds. The van der Waals surface area contributed by atoms with E-state index in [2.05, 4.69) is 29.3 Å². The van der Waals surface area contributed by atoms with Crippen molar-refractivity contribution in [3.05, 3.63) is 29.8 Å². The number of benzene rings is 1. The van der Waals surface area contributed by atoms with Gasteiger partial charge in [-0.15, -0.1) is 0 Å². The largest absolute Gasteiger partial charge is 0.485 e. The minimum Gasteiger partial charge on any atom is -0.485 e. The molecule has 3 aliphatic rings. The quantitative estimate of drug-likeness (QED) is 0.907. The van der Waals surface area contributed by atoms with Gasteiger partial charge in [0.25, 0.3) is 0 Å². The molecule has 2 fully saturated rings. The lowest BCUT2D eigenvalue weighted by Crippen LogP contribution is -2.51. The molecule has 4 nitrogen and oxygen atoms in total. The first kappa shape index (κ1) is 15.9. The molecule has 0 unspecified atom stereocenters. The van der Waals surface area contributed by atoms with Crippen molar-refractivity contribution in [3.63, 3.8) is 0 Å². The highest BCUT2D eigenvalue weighted by Gasteiger charge is 2.46. The van der Waals surface area contributed by atoms with E-state index in [-0.39, 0.29) is 11.5 Å². The molecule has 0 saturated heterocycles. The molecule has 1 aromatic carbocycles. The zero-order valence-electron chi connectivity index (χ0n) is 14.8. The molecule has 1 spiro atoms. The van der Waals surface area contributed by atoms with Gasteiger partial charge in [-0.05, 0) is 51.1 Å². The lowest BCUT2D eigenvalue weighted by atomic mass is 9.81. The van der Waals surface area contributed by atoms with Gasteiger partial charge in [-0.1, -0.05) is 25.1 Å². The number of ether oxygens (including phenoxy) is 1. The molecule has 130 valence electrons. The number of nitrogens with zero attached hydrogens (tertiary/aromatic N) is 1. The van der Waals surface area contributed by atoms with Gasteiger partial charge in [-0.25, -0.2) is 0 Å². The molecule has 0 bridgehead atoms. The molecule has 1 heterocycles. The van der Waals surface area contributed by atoms with E-state index in [1.165, 1.54) is 0 Å². The monoisotopic (exact) mass is 328 g/mol. The van der Waals surface area contributed by atoms with Crippen LogP contribution in [0.3, 0.4) is 0 Å². The van der Waals surface area contributed by atoms with Crippen LogP contribution < -0.4 is 10.1 Å². The third kappa shape index (κ3) is 2.92. The fourth-order valence-corrected chi connectivity index (χ4v) is 4.36. The number of carbonyl (C=O) groups is 1. The number of para-hydroxylation sites is 1. The summed E-state index contributed by atoms with van der Waals surface area (Å²) in [5.74, 6) is 2.09. The van der Waals surface area contributed by atoms with Crippen molar-refractivity contribution in [2.45, 2.75) is 57.2 Å². The fraction of sp³-hybridized carbons (Fsp3) is 0.650. The van der Waals surface area contributed by atoms with Crippen LogP contribution in [0.15, 0.2) is 24.3 Å². The average molecular weight is 328 g/mol. The van der Waals surface area contributed by atoms with E-state index in [1.807, 2.05) is 19.2 Å². The molecule has 1 aromatic rings. The Kier molecular flexibility index (Phi) is 4.03. The van der Waals surface area contributed by atoms with Crippen LogP contribution in [0.25, 0.3) is 0 Å². The number of amides is 1. The molecule has 24 heavy (non-hydrogen) atoms. The third-order valence-electron chi connectivity index (χ3n) is 6.18. The Morgan fingerprint density at radius 3 is 2.67 bits per heavy atom. The molecule has 4 heteroatoms. The van der Waals surface area contributed by atoms with Crippen LogP contribution in [-0.4, -0.2) is 36.0 Å². The molecule has 2 saturated carbocycles. The minimum absolute atomic E-state index is 0.215. The number of rotatable bonds is 2. The van der Waals surface area contributed by atoms with Crippen molar-refractivity contribution in [2.24, 2.45) is 11.8 Å². The lowest BCUT2D eigenvalue weighted by molar-refractivity contribution is -0.136.